The van der Waals surface area contributed by atoms with Gasteiger partial charge in [-0.2, -0.15) is 4.31 Å². The fraction of sp³-hybridized carbons (Fsp3) is 0.304. The molecule has 0 aliphatic carbocycles. The van der Waals surface area contributed by atoms with Crippen LogP contribution in [0.3, 0.4) is 0 Å². The average molecular weight is 442 g/mol. The maximum atomic E-state index is 12.7. The molecule has 1 aromatic heterocycles. The van der Waals surface area contributed by atoms with Gasteiger partial charge in [-0.25, -0.2) is 18.0 Å². The fourth-order valence-corrected chi connectivity index (χ4v) is 5.28. The molecule has 3 aromatic rings. The maximum absolute atomic E-state index is 12.7. The third-order valence-electron chi connectivity index (χ3n) is 5.51. The molecule has 2 heterocycles. The number of carbonyl (C=O) groups is 1. The van der Waals surface area contributed by atoms with Crippen LogP contribution in [-0.2, 0) is 16.4 Å². The molecule has 0 atom stereocenters. The molecule has 8 heteroatoms. The van der Waals surface area contributed by atoms with Gasteiger partial charge in [0.2, 0.25) is 10.0 Å². The van der Waals surface area contributed by atoms with E-state index >= 15 is 0 Å². The van der Waals surface area contributed by atoms with E-state index in [4.69, 9.17) is 9.15 Å². The molecule has 0 N–H and O–H groups in total. The van der Waals surface area contributed by atoms with Crippen LogP contribution in [0.4, 0.5) is 0 Å². The molecule has 1 aliphatic heterocycles. The van der Waals surface area contributed by atoms with Gasteiger partial charge in [-0.15, -0.1) is 0 Å². The van der Waals surface area contributed by atoms with Gasteiger partial charge in [0.25, 0.3) is 0 Å². The van der Waals surface area contributed by atoms with Crippen LogP contribution in [0.1, 0.15) is 41.3 Å². The van der Waals surface area contributed by atoms with E-state index in [1.807, 2.05) is 19.9 Å². The van der Waals surface area contributed by atoms with E-state index in [0.29, 0.717) is 30.8 Å². The summed E-state index contributed by atoms with van der Waals surface area (Å²) in [5.74, 6) is -0.309. The van der Waals surface area contributed by atoms with Gasteiger partial charge in [0.1, 0.15) is 11.3 Å². The molecule has 1 aliphatic rings. The summed E-state index contributed by atoms with van der Waals surface area (Å²) in [7, 11) is -3.54. The van der Waals surface area contributed by atoms with Gasteiger partial charge in [-0.3, -0.25) is 0 Å². The first-order valence-corrected chi connectivity index (χ1v) is 11.6. The van der Waals surface area contributed by atoms with Gasteiger partial charge >= 0.3 is 11.6 Å². The van der Waals surface area contributed by atoms with E-state index in [1.165, 1.54) is 34.6 Å². The van der Waals surface area contributed by atoms with E-state index in [1.54, 1.807) is 6.07 Å². The molecule has 0 unspecified atom stereocenters. The Labute approximate surface area is 180 Å². The second kappa shape index (κ2) is 8.28. The van der Waals surface area contributed by atoms with E-state index in [2.05, 4.69) is 0 Å². The molecule has 0 amide bonds. The van der Waals surface area contributed by atoms with Crippen molar-refractivity contribution in [3.8, 4) is 5.75 Å². The fourth-order valence-electron chi connectivity index (χ4n) is 3.76. The Kier molecular flexibility index (Phi) is 5.68. The largest absolute Gasteiger partial charge is 0.423 e. The first-order valence-electron chi connectivity index (χ1n) is 10.2. The first kappa shape index (κ1) is 21.3. The second-order valence-corrected chi connectivity index (χ2v) is 9.52. The van der Waals surface area contributed by atoms with Crippen molar-refractivity contribution in [2.75, 3.05) is 13.1 Å². The number of hydrogen-bond acceptors (Lipinski definition) is 6. The SMILES string of the molecule is CCc1cc2c(C)cc(=O)oc2cc1OC(=O)c1ccc(S(=O)(=O)N2CCCC2)cc1. The lowest BCUT2D eigenvalue weighted by Gasteiger charge is -2.15. The molecule has 162 valence electrons. The van der Waals surface area contributed by atoms with Crippen LogP contribution in [0.2, 0.25) is 0 Å². The summed E-state index contributed by atoms with van der Waals surface area (Å²) in [6.45, 7) is 4.79. The summed E-state index contributed by atoms with van der Waals surface area (Å²) in [4.78, 5) is 24.5. The zero-order valence-corrected chi connectivity index (χ0v) is 18.2. The highest BCUT2D eigenvalue weighted by atomic mass is 32.2. The van der Waals surface area contributed by atoms with Gasteiger partial charge < -0.3 is 9.15 Å². The number of hydrogen-bond donors (Lipinski definition) is 0. The van der Waals surface area contributed by atoms with Crippen LogP contribution in [-0.4, -0.2) is 31.8 Å². The number of sulfonamides is 1. The smallest absolute Gasteiger partial charge is 0.343 e. The highest BCUT2D eigenvalue weighted by molar-refractivity contribution is 7.89. The quantitative estimate of drug-likeness (QED) is 0.341. The minimum atomic E-state index is -3.54. The van der Waals surface area contributed by atoms with Gasteiger partial charge in [-0.1, -0.05) is 6.92 Å². The number of rotatable bonds is 5. The molecule has 1 fully saturated rings. The van der Waals surface area contributed by atoms with Crippen molar-refractivity contribution in [1.82, 2.24) is 4.31 Å². The minimum absolute atomic E-state index is 0.156. The number of nitrogens with zero attached hydrogens (tertiary/aromatic N) is 1. The molecular formula is C23H23NO6S. The summed E-state index contributed by atoms with van der Waals surface area (Å²) in [6.07, 6.45) is 2.33. The first-order chi connectivity index (χ1) is 14.8. The summed E-state index contributed by atoms with van der Waals surface area (Å²) >= 11 is 0. The number of aryl methyl sites for hydroxylation is 2. The third kappa shape index (κ3) is 4.13. The monoisotopic (exact) mass is 441 g/mol. The maximum Gasteiger partial charge on any atom is 0.343 e. The number of benzene rings is 2. The Bertz CT molecular complexity index is 1300. The summed E-state index contributed by atoms with van der Waals surface area (Å²) < 4.78 is 37.6. The number of ether oxygens (including phenoxy) is 1. The Hall–Kier alpha value is -2.97. The highest BCUT2D eigenvalue weighted by Gasteiger charge is 2.27. The predicted octanol–water partition coefficient (Wildman–Crippen LogP) is 3.67. The van der Waals surface area contributed by atoms with Crippen LogP contribution >= 0.6 is 0 Å². The Morgan fingerprint density at radius 3 is 2.42 bits per heavy atom. The van der Waals surface area contributed by atoms with Gasteiger partial charge in [0.15, 0.2) is 0 Å². The van der Waals surface area contributed by atoms with Crippen molar-refractivity contribution in [3.05, 3.63) is 69.6 Å². The number of carbonyl (C=O) groups excluding carboxylic acids is 1. The van der Waals surface area contributed by atoms with Crippen LogP contribution < -0.4 is 10.4 Å². The van der Waals surface area contributed by atoms with E-state index in [-0.39, 0.29) is 10.5 Å². The van der Waals surface area contributed by atoms with Crippen molar-refractivity contribution in [2.24, 2.45) is 0 Å². The Morgan fingerprint density at radius 1 is 1.10 bits per heavy atom. The molecular weight excluding hydrogens is 418 g/mol. The molecule has 31 heavy (non-hydrogen) atoms. The normalized spacial score (nSPS) is 14.8. The predicted molar refractivity (Wildman–Crippen MR) is 116 cm³/mol. The van der Waals surface area contributed by atoms with Crippen molar-refractivity contribution in [3.63, 3.8) is 0 Å². The Balaban J connectivity index is 1.61. The minimum Gasteiger partial charge on any atom is -0.423 e. The summed E-state index contributed by atoms with van der Waals surface area (Å²) in [6, 6.07) is 10.6. The van der Waals surface area contributed by atoms with Crippen LogP contribution in [0.5, 0.6) is 5.75 Å². The lowest BCUT2D eigenvalue weighted by atomic mass is 10.1. The lowest BCUT2D eigenvalue weighted by molar-refractivity contribution is 0.0733. The molecule has 1 saturated heterocycles. The van der Waals surface area contributed by atoms with E-state index in [0.717, 1.165) is 29.4 Å². The zero-order chi connectivity index (χ0) is 22.2. The van der Waals surface area contributed by atoms with E-state index in [9.17, 15) is 18.0 Å². The third-order valence-corrected chi connectivity index (χ3v) is 7.42. The molecule has 4 rings (SSSR count). The van der Waals surface area contributed by atoms with Crippen molar-refractivity contribution in [1.29, 1.82) is 0 Å². The molecule has 0 spiro atoms. The second-order valence-electron chi connectivity index (χ2n) is 7.58. The van der Waals surface area contributed by atoms with Crippen molar-refractivity contribution < 1.29 is 22.4 Å². The molecule has 0 saturated carbocycles. The molecule has 0 radical (unpaired) electrons. The number of fused-ring (bicyclic) bond motifs is 1. The summed E-state index contributed by atoms with van der Waals surface area (Å²) in [5.41, 5.74) is 1.69. The van der Waals surface area contributed by atoms with Crippen molar-refractivity contribution >= 4 is 27.0 Å². The molecule has 0 bridgehead atoms. The van der Waals surface area contributed by atoms with Crippen LogP contribution in [0.25, 0.3) is 11.0 Å². The van der Waals surface area contributed by atoms with Crippen LogP contribution in [0.15, 0.2) is 56.6 Å². The zero-order valence-electron chi connectivity index (χ0n) is 17.4. The number of esters is 1. The average Bonchev–Trinajstić information content (AvgIpc) is 3.29. The standard InChI is InChI=1S/C23H23NO6S/c1-3-16-13-19-15(2)12-22(25)29-21(19)14-20(16)30-23(26)17-6-8-18(9-7-17)31(27,28)24-10-4-5-11-24/h6-9,12-14H,3-5,10-11H2,1-2H3. The van der Waals surface area contributed by atoms with Gasteiger partial charge in [-0.05, 0) is 67.6 Å². The van der Waals surface area contributed by atoms with Gasteiger partial charge in [0, 0.05) is 30.6 Å². The van der Waals surface area contributed by atoms with Gasteiger partial charge in [0.05, 0.1) is 10.5 Å². The van der Waals surface area contributed by atoms with Crippen molar-refractivity contribution in [2.45, 2.75) is 38.0 Å². The molecule has 7 nitrogen and oxygen atoms in total. The summed E-state index contributed by atoms with van der Waals surface area (Å²) in [5, 5.41) is 0.785. The lowest BCUT2D eigenvalue weighted by Crippen LogP contribution is -2.27. The molecule has 2 aromatic carbocycles. The van der Waals surface area contributed by atoms with E-state index < -0.39 is 21.6 Å². The van der Waals surface area contributed by atoms with Crippen LogP contribution in [0, 0.1) is 6.92 Å². The highest BCUT2D eigenvalue weighted by Crippen LogP contribution is 2.29. The Morgan fingerprint density at radius 2 is 1.77 bits per heavy atom. The topological polar surface area (TPSA) is 93.9 Å².